The van der Waals surface area contributed by atoms with Crippen LogP contribution >= 0.6 is 24.2 Å². The fourth-order valence-corrected chi connectivity index (χ4v) is 4.87. The third-order valence-corrected chi connectivity index (χ3v) is 6.05. The molecular weight excluding hydrogens is 350 g/mol. The van der Waals surface area contributed by atoms with Crippen molar-refractivity contribution in [3.05, 3.63) is 48.0 Å². The van der Waals surface area contributed by atoms with E-state index < -0.39 is 0 Å². The van der Waals surface area contributed by atoms with Crippen molar-refractivity contribution in [3.63, 3.8) is 0 Å². The van der Waals surface area contributed by atoms with Crippen molar-refractivity contribution in [1.82, 2.24) is 4.90 Å². The first-order valence-corrected chi connectivity index (χ1v) is 9.48. The van der Waals surface area contributed by atoms with Crippen LogP contribution in [0.3, 0.4) is 0 Å². The van der Waals surface area contributed by atoms with Crippen LogP contribution in [0.1, 0.15) is 31.7 Å². The van der Waals surface area contributed by atoms with Crippen LogP contribution in [0.15, 0.2) is 52.3 Å². The summed E-state index contributed by atoms with van der Waals surface area (Å²) >= 11 is 1.81. The summed E-state index contributed by atoms with van der Waals surface area (Å²) in [4.78, 5) is 7.60. The lowest BCUT2D eigenvalue weighted by atomic mass is 10.1. The van der Waals surface area contributed by atoms with Gasteiger partial charge < -0.3 is 4.90 Å². The zero-order chi connectivity index (χ0) is 16.5. The second-order valence-corrected chi connectivity index (χ2v) is 7.45. The molecule has 2 heterocycles. The molecule has 0 radical (unpaired) electrons. The Morgan fingerprint density at radius 1 is 1.08 bits per heavy atom. The lowest BCUT2D eigenvalue weighted by Crippen LogP contribution is -2.45. The quantitative estimate of drug-likeness (QED) is 0.721. The van der Waals surface area contributed by atoms with Crippen LogP contribution in [0.4, 0.5) is 11.4 Å². The van der Waals surface area contributed by atoms with Gasteiger partial charge >= 0.3 is 0 Å². The minimum atomic E-state index is 0. The van der Waals surface area contributed by atoms with Crippen LogP contribution in [0.2, 0.25) is 0 Å². The highest BCUT2D eigenvalue weighted by Gasteiger charge is 2.32. The zero-order valence-electron chi connectivity index (χ0n) is 14.3. The van der Waals surface area contributed by atoms with Crippen molar-refractivity contribution in [2.24, 2.45) is 0 Å². The molecule has 1 saturated heterocycles. The largest absolute Gasteiger partial charge is 0.323 e. The monoisotopic (exact) mass is 371 g/mol. The van der Waals surface area contributed by atoms with E-state index in [1.165, 1.54) is 34.0 Å². The van der Waals surface area contributed by atoms with E-state index in [2.05, 4.69) is 59.2 Å². The standard InChI is InChI=1S/C20H21N3S.ClH/c1-2-20(22-11-5-6-12-22)23-16-7-3-4-8-18(16)24-19-10-9-15(14-21)13-17(19)23;/h3-4,7-10,13,20H,2,5-6,11-12H2,1H3;1H. The molecule has 5 heteroatoms. The van der Waals surface area contributed by atoms with E-state index in [9.17, 15) is 5.26 Å². The van der Waals surface area contributed by atoms with E-state index in [-0.39, 0.29) is 12.4 Å². The van der Waals surface area contributed by atoms with Gasteiger partial charge in [-0.15, -0.1) is 12.4 Å². The minimum Gasteiger partial charge on any atom is -0.323 e. The first-order chi connectivity index (χ1) is 11.8. The molecule has 0 aromatic heterocycles. The van der Waals surface area contributed by atoms with Crippen molar-refractivity contribution >= 4 is 35.5 Å². The summed E-state index contributed by atoms with van der Waals surface area (Å²) in [5, 5.41) is 9.34. The van der Waals surface area contributed by atoms with Gasteiger partial charge in [0.15, 0.2) is 0 Å². The van der Waals surface area contributed by atoms with Crippen molar-refractivity contribution in [1.29, 1.82) is 5.26 Å². The number of nitrogens with zero attached hydrogens (tertiary/aromatic N) is 3. The Bertz CT molecular complexity index is 796. The molecule has 0 bridgehead atoms. The normalized spacial score (nSPS) is 17.2. The van der Waals surface area contributed by atoms with Crippen LogP contribution in [-0.4, -0.2) is 24.2 Å². The lowest BCUT2D eigenvalue weighted by molar-refractivity contribution is 0.239. The molecule has 0 aliphatic carbocycles. The fourth-order valence-electron chi connectivity index (χ4n) is 3.82. The Labute approximate surface area is 160 Å². The van der Waals surface area contributed by atoms with Crippen LogP contribution in [0.25, 0.3) is 0 Å². The van der Waals surface area contributed by atoms with Gasteiger partial charge in [0.1, 0.15) is 0 Å². The van der Waals surface area contributed by atoms with Crippen molar-refractivity contribution in [3.8, 4) is 6.07 Å². The number of para-hydroxylation sites is 1. The first-order valence-electron chi connectivity index (χ1n) is 8.66. The second-order valence-electron chi connectivity index (χ2n) is 6.37. The van der Waals surface area contributed by atoms with Gasteiger partial charge in [0.05, 0.1) is 29.2 Å². The van der Waals surface area contributed by atoms with Crippen molar-refractivity contribution in [2.75, 3.05) is 18.0 Å². The molecule has 2 aliphatic rings. The molecule has 1 unspecified atom stereocenters. The molecule has 1 atom stereocenters. The number of benzene rings is 2. The molecule has 2 aromatic rings. The number of halogens is 1. The molecule has 2 aliphatic heterocycles. The molecule has 0 spiro atoms. The van der Waals surface area contributed by atoms with Crippen LogP contribution in [0, 0.1) is 11.3 Å². The van der Waals surface area contributed by atoms with Gasteiger partial charge in [0.25, 0.3) is 0 Å². The molecule has 4 rings (SSSR count). The number of nitriles is 1. The third-order valence-electron chi connectivity index (χ3n) is 4.92. The number of fused-ring (bicyclic) bond motifs is 2. The second kappa shape index (κ2) is 7.70. The number of likely N-dealkylation sites (tertiary alicyclic amines) is 1. The molecule has 130 valence electrons. The lowest BCUT2D eigenvalue weighted by Gasteiger charge is -2.42. The average molecular weight is 372 g/mol. The number of hydrogen-bond donors (Lipinski definition) is 0. The van der Waals surface area contributed by atoms with Gasteiger partial charge in [0.2, 0.25) is 0 Å². The Kier molecular flexibility index (Phi) is 5.58. The van der Waals surface area contributed by atoms with Crippen molar-refractivity contribution in [2.45, 2.75) is 42.1 Å². The molecule has 0 N–H and O–H groups in total. The van der Waals surface area contributed by atoms with E-state index >= 15 is 0 Å². The van der Waals surface area contributed by atoms with Gasteiger partial charge in [-0.3, -0.25) is 4.90 Å². The molecule has 3 nitrogen and oxygen atoms in total. The van der Waals surface area contributed by atoms with Gasteiger partial charge in [-0.05, 0) is 49.6 Å². The Morgan fingerprint density at radius 2 is 1.80 bits per heavy atom. The zero-order valence-corrected chi connectivity index (χ0v) is 15.9. The molecule has 1 fully saturated rings. The number of anilines is 2. The maximum absolute atomic E-state index is 9.34. The molecule has 25 heavy (non-hydrogen) atoms. The van der Waals surface area contributed by atoms with Gasteiger partial charge in [-0.2, -0.15) is 5.26 Å². The van der Waals surface area contributed by atoms with Gasteiger partial charge in [0, 0.05) is 22.9 Å². The summed E-state index contributed by atoms with van der Waals surface area (Å²) in [6, 6.07) is 17.0. The van der Waals surface area contributed by atoms with E-state index in [1.807, 2.05) is 6.07 Å². The Hall–Kier alpha value is -1.67. The number of hydrogen-bond acceptors (Lipinski definition) is 4. The summed E-state index contributed by atoms with van der Waals surface area (Å²) < 4.78 is 0. The van der Waals surface area contributed by atoms with E-state index in [1.54, 1.807) is 11.8 Å². The van der Waals surface area contributed by atoms with Crippen LogP contribution in [-0.2, 0) is 0 Å². The predicted octanol–water partition coefficient (Wildman–Crippen LogP) is 5.41. The van der Waals surface area contributed by atoms with E-state index in [0.29, 0.717) is 6.17 Å². The summed E-state index contributed by atoms with van der Waals surface area (Å²) in [6.45, 7) is 4.59. The Morgan fingerprint density at radius 3 is 2.52 bits per heavy atom. The van der Waals surface area contributed by atoms with Gasteiger partial charge in [-0.25, -0.2) is 0 Å². The van der Waals surface area contributed by atoms with E-state index in [4.69, 9.17) is 0 Å². The Balaban J connectivity index is 0.00000182. The highest BCUT2D eigenvalue weighted by molar-refractivity contribution is 7.99. The van der Waals surface area contributed by atoms with E-state index in [0.717, 1.165) is 25.1 Å². The maximum atomic E-state index is 9.34. The topological polar surface area (TPSA) is 30.3 Å². The SMILES string of the molecule is CCC(N1CCCC1)N1c2ccccc2Sc2ccc(C#N)cc21.Cl. The molecule has 2 aromatic carbocycles. The summed E-state index contributed by atoms with van der Waals surface area (Å²) in [5.74, 6) is 0. The minimum absolute atomic E-state index is 0. The maximum Gasteiger partial charge on any atom is 0.0992 e. The number of rotatable bonds is 3. The summed E-state index contributed by atoms with van der Waals surface area (Å²) in [6.07, 6.45) is 3.98. The molecule has 0 amide bonds. The average Bonchev–Trinajstić information content (AvgIpc) is 3.15. The summed E-state index contributed by atoms with van der Waals surface area (Å²) in [7, 11) is 0. The molecule has 0 saturated carbocycles. The predicted molar refractivity (Wildman–Crippen MR) is 106 cm³/mol. The summed E-state index contributed by atoms with van der Waals surface area (Å²) in [5.41, 5.74) is 3.18. The third kappa shape index (κ3) is 3.25. The van der Waals surface area contributed by atoms with Crippen molar-refractivity contribution < 1.29 is 0 Å². The van der Waals surface area contributed by atoms with Gasteiger partial charge in [-0.1, -0.05) is 30.8 Å². The smallest absolute Gasteiger partial charge is 0.0992 e. The van der Waals surface area contributed by atoms with Crippen LogP contribution < -0.4 is 4.90 Å². The molecular formula is C20H22ClN3S. The first kappa shape index (κ1) is 18.1. The van der Waals surface area contributed by atoms with Crippen LogP contribution in [0.5, 0.6) is 0 Å². The highest BCUT2D eigenvalue weighted by Crippen LogP contribution is 2.50. The fraction of sp³-hybridized carbons (Fsp3) is 0.350. The highest BCUT2D eigenvalue weighted by atomic mass is 35.5.